The lowest BCUT2D eigenvalue weighted by atomic mass is 9.94. The van der Waals surface area contributed by atoms with Crippen LogP contribution in [0.3, 0.4) is 0 Å². The van der Waals surface area contributed by atoms with Gasteiger partial charge in [0, 0.05) is 44.0 Å². The predicted octanol–water partition coefficient (Wildman–Crippen LogP) is 1.85. The maximum atomic E-state index is 12.9. The summed E-state index contributed by atoms with van der Waals surface area (Å²) in [5.41, 5.74) is 9.79. The van der Waals surface area contributed by atoms with Crippen molar-refractivity contribution in [1.82, 2.24) is 26.1 Å². The summed E-state index contributed by atoms with van der Waals surface area (Å²) in [5.74, 6) is 0.164. The van der Waals surface area contributed by atoms with E-state index >= 15 is 0 Å². The van der Waals surface area contributed by atoms with Crippen molar-refractivity contribution in [2.75, 3.05) is 13.1 Å². The number of hydrogen-bond acceptors (Lipinski definition) is 5. The first-order chi connectivity index (χ1) is 14.6. The zero-order chi connectivity index (χ0) is 20.9. The first-order valence-electron chi connectivity index (χ1n) is 10.6. The highest BCUT2D eigenvalue weighted by molar-refractivity contribution is 5.83. The minimum Gasteiger partial charge on any atom is -0.352 e. The number of carbonyl (C=O) groups is 2. The Morgan fingerprint density at radius 1 is 1.07 bits per heavy atom. The van der Waals surface area contributed by atoms with Crippen LogP contribution in [0.5, 0.6) is 0 Å². The zero-order valence-corrected chi connectivity index (χ0v) is 17.3. The Kier molecular flexibility index (Phi) is 6.40. The number of rotatable bonds is 5. The molecule has 2 unspecified atom stereocenters. The van der Waals surface area contributed by atoms with Crippen molar-refractivity contribution in [2.24, 2.45) is 5.92 Å². The molecular weight excluding hydrogens is 378 g/mol. The van der Waals surface area contributed by atoms with E-state index in [1.165, 1.54) is 5.56 Å². The lowest BCUT2D eigenvalue weighted by Gasteiger charge is -2.32. The molecule has 4 rings (SSSR count). The first-order valence-corrected chi connectivity index (χ1v) is 10.6. The monoisotopic (exact) mass is 407 g/mol. The van der Waals surface area contributed by atoms with Gasteiger partial charge in [-0.05, 0) is 49.4 Å². The molecule has 2 amide bonds. The van der Waals surface area contributed by atoms with Crippen LogP contribution < -0.4 is 16.2 Å². The number of benzene rings is 1. The van der Waals surface area contributed by atoms with Gasteiger partial charge in [-0.1, -0.05) is 29.8 Å². The number of piperidine rings is 1. The molecule has 2 aliphatic rings. The molecule has 0 saturated carbocycles. The Morgan fingerprint density at radius 2 is 1.77 bits per heavy atom. The van der Waals surface area contributed by atoms with Gasteiger partial charge in [0.05, 0.1) is 0 Å². The molecule has 7 heteroatoms. The molecule has 0 radical (unpaired) electrons. The van der Waals surface area contributed by atoms with E-state index in [4.69, 9.17) is 0 Å². The molecule has 2 saturated heterocycles. The van der Waals surface area contributed by atoms with Crippen molar-refractivity contribution in [3.63, 3.8) is 0 Å². The third-order valence-corrected chi connectivity index (χ3v) is 6.07. The second kappa shape index (κ2) is 9.36. The van der Waals surface area contributed by atoms with Crippen molar-refractivity contribution in [1.29, 1.82) is 0 Å². The summed E-state index contributed by atoms with van der Waals surface area (Å²) in [6, 6.07) is 12.0. The van der Waals surface area contributed by atoms with Gasteiger partial charge >= 0.3 is 0 Å². The molecule has 30 heavy (non-hydrogen) atoms. The van der Waals surface area contributed by atoms with E-state index in [1.807, 2.05) is 36.1 Å². The van der Waals surface area contributed by atoms with Crippen LogP contribution in [0.25, 0.3) is 0 Å². The van der Waals surface area contributed by atoms with E-state index in [-0.39, 0.29) is 29.8 Å². The van der Waals surface area contributed by atoms with Crippen LogP contribution in [0.15, 0.2) is 48.8 Å². The number of amides is 2. The summed E-state index contributed by atoms with van der Waals surface area (Å²) >= 11 is 0. The van der Waals surface area contributed by atoms with Crippen LogP contribution in [0, 0.1) is 12.8 Å². The Hall–Kier alpha value is -2.77. The van der Waals surface area contributed by atoms with Gasteiger partial charge in [-0.25, -0.2) is 10.9 Å². The number of nitrogens with one attached hydrogen (secondary N) is 3. The molecule has 2 fully saturated rings. The van der Waals surface area contributed by atoms with E-state index in [1.54, 1.807) is 12.4 Å². The summed E-state index contributed by atoms with van der Waals surface area (Å²) in [5, 5.41) is 3.04. The maximum absolute atomic E-state index is 12.9. The predicted molar refractivity (Wildman–Crippen MR) is 114 cm³/mol. The Labute approximate surface area is 177 Å². The Bertz CT molecular complexity index is 863. The lowest BCUT2D eigenvalue weighted by Crippen LogP contribution is -2.49. The van der Waals surface area contributed by atoms with Crippen molar-refractivity contribution < 1.29 is 9.59 Å². The number of hydrazine groups is 1. The van der Waals surface area contributed by atoms with Gasteiger partial charge in [-0.2, -0.15) is 0 Å². The van der Waals surface area contributed by atoms with E-state index in [9.17, 15) is 9.59 Å². The second-order valence-corrected chi connectivity index (χ2v) is 8.21. The number of aryl methyl sites for hydroxylation is 1. The van der Waals surface area contributed by atoms with Crippen LogP contribution in [-0.4, -0.2) is 40.8 Å². The summed E-state index contributed by atoms with van der Waals surface area (Å²) in [7, 11) is 0. The number of pyridine rings is 1. The zero-order valence-electron chi connectivity index (χ0n) is 17.3. The van der Waals surface area contributed by atoms with Gasteiger partial charge in [0.2, 0.25) is 11.8 Å². The van der Waals surface area contributed by atoms with Crippen LogP contribution >= 0.6 is 0 Å². The summed E-state index contributed by atoms with van der Waals surface area (Å²) in [6.07, 6.45) is 5.65. The van der Waals surface area contributed by atoms with E-state index in [2.05, 4.69) is 33.3 Å². The van der Waals surface area contributed by atoms with Gasteiger partial charge in [-0.15, -0.1) is 0 Å². The van der Waals surface area contributed by atoms with Crippen molar-refractivity contribution in [3.05, 3.63) is 65.5 Å². The topological polar surface area (TPSA) is 86.4 Å². The van der Waals surface area contributed by atoms with Crippen LogP contribution in [-0.2, 0) is 16.1 Å². The molecule has 2 aliphatic heterocycles. The van der Waals surface area contributed by atoms with Gasteiger partial charge in [0.15, 0.2) is 0 Å². The molecule has 7 nitrogen and oxygen atoms in total. The van der Waals surface area contributed by atoms with Gasteiger partial charge in [-0.3, -0.25) is 14.6 Å². The van der Waals surface area contributed by atoms with Crippen LogP contribution in [0.4, 0.5) is 0 Å². The Morgan fingerprint density at radius 3 is 2.47 bits per heavy atom. The van der Waals surface area contributed by atoms with Crippen molar-refractivity contribution in [3.8, 4) is 0 Å². The number of nitrogens with zero attached hydrogens (tertiary/aromatic N) is 2. The molecule has 0 spiro atoms. The fourth-order valence-corrected chi connectivity index (χ4v) is 4.15. The number of aromatic nitrogens is 1. The summed E-state index contributed by atoms with van der Waals surface area (Å²) in [6.45, 7) is 3.85. The molecule has 2 atom stereocenters. The van der Waals surface area contributed by atoms with Crippen LogP contribution in [0.1, 0.15) is 42.0 Å². The lowest BCUT2D eigenvalue weighted by molar-refractivity contribution is -0.137. The first kappa shape index (κ1) is 20.5. The molecule has 158 valence electrons. The van der Waals surface area contributed by atoms with E-state index < -0.39 is 0 Å². The molecule has 0 bridgehead atoms. The molecule has 1 aromatic heterocycles. The van der Waals surface area contributed by atoms with Crippen molar-refractivity contribution in [2.45, 2.75) is 44.8 Å². The fourth-order valence-electron chi connectivity index (χ4n) is 4.15. The minimum atomic E-state index is -0.241. The van der Waals surface area contributed by atoms with Gasteiger partial charge in [0.25, 0.3) is 0 Å². The van der Waals surface area contributed by atoms with Gasteiger partial charge < -0.3 is 10.2 Å². The average Bonchev–Trinajstić information content (AvgIpc) is 3.29. The number of hydrogen-bond donors (Lipinski definition) is 3. The molecule has 0 aliphatic carbocycles. The fraction of sp³-hybridized carbons (Fsp3) is 0.435. The number of likely N-dealkylation sites (tertiary alicyclic amines) is 1. The van der Waals surface area contributed by atoms with E-state index in [0.29, 0.717) is 38.9 Å². The number of carbonyl (C=O) groups excluding carboxylic acids is 2. The highest BCUT2D eigenvalue weighted by atomic mass is 16.2. The van der Waals surface area contributed by atoms with E-state index in [0.717, 1.165) is 11.1 Å². The maximum Gasteiger partial charge on any atom is 0.241 e. The van der Waals surface area contributed by atoms with Gasteiger partial charge in [0.1, 0.15) is 6.04 Å². The Balaban J connectivity index is 1.22. The smallest absolute Gasteiger partial charge is 0.241 e. The molecule has 1 aromatic carbocycles. The second-order valence-electron chi connectivity index (χ2n) is 8.21. The third-order valence-electron chi connectivity index (χ3n) is 6.07. The molecule has 2 aromatic rings. The quantitative estimate of drug-likeness (QED) is 0.704. The minimum absolute atomic E-state index is 0.0290. The summed E-state index contributed by atoms with van der Waals surface area (Å²) < 4.78 is 0. The third kappa shape index (κ3) is 4.86. The summed E-state index contributed by atoms with van der Waals surface area (Å²) in [4.78, 5) is 31.4. The average molecular weight is 408 g/mol. The highest BCUT2D eigenvalue weighted by Gasteiger charge is 2.35. The molecule has 3 N–H and O–H groups in total. The molecule has 3 heterocycles. The van der Waals surface area contributed by atoms with Crippen molar-refractivity contribution >= 4 is 11.8 Å². The van der Waals surface area contributed by atoms with Crippen LogP contribution in [0.2, 0.25) is 0 Å². The largest absolute Gasteiger partial charge is 0.352 e. The SMILES string of the molecule is Cc1ccc(CNC(=O)C2CCN(C(=O)C3CC(c4ccncc4)NN3)CC2)cc1. The normalized spacial score (nSPS) is 22.1. The molecular formula is C23H29N5O2. The highest BCUT2D eigenvalue weighted by Crippen LogP contribution is 2.24. The standard InChI is InChI=1S/C23H29N5O2/c1-16-2-4-17(5-3-16)15-25-22(29)19-8-12-28(13-9-19)23(30)21-14-20(26-27-21)18-6-10-24-11-7-18/h2-7,10-11,19-21,26-27H,8-9,12-15H2,1H3,(H,25,29).